The van der Waals surface area contributed by atoms with Gasteiger partial charge in [0.15, 0.2) is 5.96 Å². The van der Waals surface area contributed by atoms with Crippen LogP contribution in [0.1, 0.15) is 26.7 Å². The summed E-state index contributed by atoms with van der Waals surface area (Å²) in [5.74, 6) is 1.03. The number of aliphatic imine (C=N–C) groups is 1. The summed E-state index contributed by atoms with van der Waals surface area (Å²) in [6.45, 7) is 12.0. The molecule has 1 heterocycles. The van der Waals surface area contributed by atoms with Gasteiger partial charge in [0.05, 0.1) is 19.8 Å². The molecule has 0 bridgehead atoms. The molecule has 1 fully saturated rings. The Bertz CT molecular complexity index is 258. The predicted molar refractivity (Wildman–Crippen MR) is 96.2 cm³/mol. The summed E-state index contributed by atoms with van der Waals surface area (Å²) in [5, 5.41) is 3.36. The van der Waals surface area contributed by atoms with Gasteiger partial charge in [-0.1, -0.05) is 13.3 Å². The van der Waals surface area contributed by atoms with Gasteiger partial charge in [-0.3, -0.25) is 9.89 Å². The molecule has 0 aromatic carbocycles. The number of nitrogens with zero attached hydrogens (tertiary/aromatic N) is 3. The van der Waals surface area contributed by atoms with E-state index in [0.29, 0.717) is 0 Å². The van der Waals surface area contributed by atoms with Crippen LogP contribution in [0.4, 0.5) is 0 Å². The lowest BCUT2D eigenvalue weighted by molar-refractivity contribution is 0.0394. The Balaban J connectivity index is 0.00000361. The SMILES string of the molecule is CCCCN(C)C(=NCCN1CCOCC1)NCC.I. The first-order valence-corrected chi connectivity index (χ1v) is 7.57. The largest absolute Gasteiger partial charge is 0.379 e. The van der Waals surface area contributed by atoms with E-state index in [9.17, 15) is 0 Å². The molecule has 0 aromatic heterocycles. The molecule has 0 spiro atoms. The Labute approximate surface area is 141 Å². The predicted octanol–water partition coefficient (Wildman–Crippen LogP) is 1.63. The summed E-state index contributed by atoms with van der Waals surface area (Å²) in [5.41, 5.74) is 0. The molecule has 6 heteroatoms. The molecule has 0 atom stereocenters. The van der Waals surface area contributed by atoms with Gasteiger partial charge >= 0.3 is 0 Å². The van der Waals surface area contributed by atoms with E-state index in [4.69, 9.17) is 9.73 Å². The fourth-order valence-electron chi connectivity index (χ4n) is 2.09. The normalized spacial score (nSPS) is 16.6. The van der Waals surface area contributed by atoms with Crippen molar-refractivity contribution in [3.63, 3.8) is 0 Å². The van der Waals surface area contributed by atoms with E-state index in [1.807, 2.05) is 0 Å². The standard InChI is InChI=1S/C14H30N4O.HI/c1-4-6-8-17(3)14(15-5-2)16-7-9-18-10-12-19-13-11-18;/h4-13H2,1-3H3,(H,15,16);1H. The number of nitrogens with one attached hydrogen (secondary N) is 1. The number of rotatable bonds is 7. The molecule has 1 N–H and O–H groups in total. The number of halogens is 1. The van der Waals surface area contributed by atoms with Gasteiger partial charge in [-0.25, -0.2) is 0 Å². The number of hydrogen-bond donors (Lipinski definition) is 1. The molecule has 1 aliphatic rings. The van der Waals surface area contributed by atoms with Gasteiger partial charge in [0.25, 0.3) is 0 Å². The average molecular weight is 398 g/mol. The Morgan fingerprint density at radius 3 is 2.60 bits per heavy atom. The lowest BCUT2D eigenvalue weighted by Gasteiger charge is -2.26. The first kappa shape index (κ1) is 19.9. The van der Waals surface area contributed by atoms with E-state index in [1.165, 1.54) is 12.8 Å². The number of hydrogen-bond acceptors (Lipinski definition) is 3. The first-order chi connectivity index (χ1) is 9.27. The second-order valence-electron chi connectivity index (χ2n) is 4.96. The van der Waals surface area contributed by atoms with Gasteiger partial charge < -0.3 is 15.0 Å². The van der Waals surface area contributed by atoms with Crippen molar-refractivity contribution in [2.24, 2.45) is 4.99 Å². The van der Waals surface area contributed by atoms with Crippen LogP contribution in [0.15, 0.2) is 4.99 Å². The quantitative estimate of drug-likeness (QED) is 0.402. The Hall–Kier alpha value is -0.0800. The lowest BCUT2D eigenvalue weighted by atomic mass is 10.3. The highest BCUT2D eigenvalue weighted by Gasteiger charge is 2.10. The van der Waals surface area contributed by atoms with E-state index < -0.39 is 0 Å². The summed E-state index contributed by atoms with van der Waals surface area (Å²) >= 11 is 0. The molecule has 1 aliphatic heterocycles. The molecule has 0 unspecified atom stereocenters. The van der Waals surface area contributed by atoms with Crippen LogP contribution in [0.3, 0.4) is 0 Å². The van der Waals surface area contributed by atoms with Crippen molar-refractivity contribution in [3.8, 4) is 0 Å². The van der Waals surface area contributed by atoms with Crippen molar-refractivity contribution in [3.05, 3.63) is 0 Å². The maximum atomic E-state index is 5.35. The first-order valence-electron chi connectivity index (χ1n) is 7.57. The van der Waals surface area contributed by atoms with Crippen molar-refractivity contribution >= 4 is 29.9 Å². The van der Waals surface area contributed by atoms with Crippen LogP contribution in [0, 0.1) is 0 Å². The second-order valence-corrected chi connectivity index (χ2v) is 4.96. The molecule has 0 radical (unpaired) electrons. The van der Waals surface area contributed by atoms with Crippen molar-refractivity contribution in [2.75, 3.05) is 59.5 Å². The molecule has 0 aromatic rings. The lowest BCUT2D eigenvalue weighted by Crippen LogP contribution is -2.41. The van der Waals surface area contributed by atoms with E-state index in [2.05, 4.69) is 36.0 Å². The number of ether oxygens (including phenoxy) is 1. The number of morpholine rings is 1. The monoisotopic (exact) mass is 398 g/mol. The van der Waals surface area contributed by atoms with Crippen molar-refractivity contribution in [1.29, 1.82) is 0 Å². The molecule has 0 amide bonds. The van der Waals surface area contributed by atoms with E-state index in [-0.39, 0.29) is 24.0 Å². The molecular formula is C14H31IN4O. The fraction of sp³-hybridized carbons (Fsp3) is 0.929. The zero-order valence-corrected chi connectivity index (χ0v) is 15.6. The highest BCUT2D eigenvalue weighted by molar-refractivity contribution is 14.0. The number of unbranched alkanes of at least 4 members (excludes halogenated alkanes) is 1. The molecule has 1 saturated heterocycles. The average Bonchev–Trinajstić information content (AvgIpc) is 2.45. The van der Waals surface area contributed by atoms with Gasteiger partial charge in [0.1, 0.15) is 0 Å². The fourth-order valence-corrected chi connectivity index (χ4v) is 2.09. The molecule has 5 nitrogen and oxygen atoms in total. The van der Waals surface area contributed by atoms with E-state index in [1.54, 1.807) is 0 Å². The zero-order chi connectivity index (χ0) is 13.9. The molecule has 0 aliphatic carbocycles. The van der Waals surface area contributed by atoms with Crippen molar-refractivity contribution in [1.82, 2.24) is 15.1 Å². The van der Waals surface area contributed by atoms with Crippen LogP contribution < -0.4 is 5.32 Å². The summed E-state index contributed by atoms with van der Waals surface area (Å²) < 4.78 is 5.35. The Kier molecular flexibility index (Phi) is 12.6. The Morgan fingerprint density at radius 2 is 2.00 bits per heavy atom. The maximum absolute atomic E-state index is 5.35. The van der Waals surface area contributed by atoms with Gasteiger partial charge in [0, 0.05) is 39.8 Å². The van der Waals surface area contributed by atoms with Crippen molar-refractivity contribution < 1.29 is 4.74 Å². The topological polar surface area (TPSA) is 40.1 Å². The molecule has 20 heavy (non-hydrogen) atoms. The van der Waals surface area contributed by atoms with E-state index in [0.717, 1.165) is 58.4 Å². The van der Waals surface area contributed by atoms with Crippen LogP contribution in [0.5, 0.6) is 0 Å². The summed E-state index contributed by atoms with van der Waals surface area (Å²) in [7, 11) is 2.12. The summed E-state index contributed by atoms with van der Waals surface area (Å²) in [4.78, 5) is 9.36. The third-order valence-corrected chi connectivity index (χ3v) is 3.33. The molecule has 0 saturated carbocycles. The zero-order valence-electron chi connectivity index (χ0n) is 13.2. The Morgan fingerprint density at radius 1 is 1.30 bits per heavy atom. The summed E-state index contributed by atoms with van der Waals surface area (Å²) in [6.07, 6.45) is 2.43. The van der Waals surface area contributed by atoms with Crippen LogP contribution in [-0.2, 0) is 4.74 Å². The smallest absolute Gasteiger partial charge is 0.193 e. The van der Waals surface area contributed by atoms with Crippen LogP contribution >= 0.6 is 24.0 Å². The van der Waals surface area contributed by atoms with Crippen LogP contribution in [-0.4, -0.2) is 75.3 Å². The molecular weight excluding hydrogens is 367 g/mol. The van der Waals surface area contributed by atoms with E-state index >= 15 is 0 Å². The minimum atomic E-state index is 0. The van der Waals surface area contributed by atoms with Gasteiger partial charge in [-0.2, -0.15) is 0 Å². The molecule has 1 rings (SSSR count). The highest BCUT2D eigenvalue weighted by Crippen LogP contribution is 1.97. The minimum Gasteiger partial charge on any atom is -0.379 e. The molecule has 120 valence electrons. The maximum Gasteiger partial charge on any atom is 0.193 e. The van der Waals surface area contributed by atoms with Gasteiger partial charge in [-0.15, -0.1) is 24.0 Å². The second kappa shape index (κ2) is 12.6. The minimum absolute atomic E-state index is 0. The van der Waals surface area contributed by atoms with Gasteiger partial charge in [0.2, 0.25) is 0 Å². The highest BCUT2D eigenvalue weighted by atomic mass is 127. The summed E-state index contributed by atoms with van der Waals surface area (Å²) in [6, 6.07) is 0. The van der Waals surface area contributed by atoms with Crippen LogP contribution in [0.25, 0.3) is 0 Å². The van der Waals surface area contributed by atoms with Crippen LogP contribution in [0.2, 0.25) is 0 Å². The third-order valence-electron chi connectivity index (χ3n) is 3.33. The third kappa shape index (κ3) is 8.26. The van der Waals surface area contributed by atoms with Gasteiger partial charge in [-0.05, 0) is 13.3 Å². The number of guanidine groups is 1. The van der Waals surface area contributed by atoms with Crippen molar-refractivity contribution in [2.45, 2.75) is 26.7 Å².